The van der Waals surface area contributed by atoms with E-state index >= 15 is 0 Å². The monoisotopic (exact) mass is 471 g/mol. The van der Waals surface area contributed by atoms with Gasteiger partial charge in [0, 0.05) is 19.3 Å². The molecule has 0 spiro atoms. The molecule has 0 saturated carbocycles. The predicted molar refractivity (Wildman–Crippen MR) is 135 cm³/mol. The fraction of sp³-hybridized carbons (Fsp3) is 0.259. The molecule has 180 valence electrons. The number of carbonyl (C=O) groups excluding carboxylic acids is 2. The van der Waals surface area contributed by atoms with Crippen LogP contribution in [-0.2, 0) is 20.9 Å². The fourth-order valence-electron chi connectivity index (χ4n) is 4.16. The molecule has 1 N–H and O–H groups in total. The summed E-state index contributed by atoms with van der Waals surface area (Å²) in [5, 5.41) is 11.3. The van der Waals surface area contributed by atoms with Gasteiger partial charge in [-0.15, -0.1) is 5.10 Å². The molecule has 0 unspecified atom stereocenters. The number of benzene rings is 3. The molecule has 8 nitrogen and oxygen atoms in total. The normalized spacial score (nSPS) is 11.9. The number of anilines is 1. The molecule has 0 bridgehead atoms. The van der Waals surface area contributed by atoms with Crippen molar-refractivity contribution in [1.82, 2.24) is 20.3 Å². The van der Waals surface area contributed by atoms with Gasteiger partial charge >= 0.3 is 0 Å². The quantitative estimate of drug-likeness (QED) is 0.377. The Morgan fingerprint density at radius 2 is 1.77 bits per heavy atom. The highest BCUT2D eigenvalue weighted by molar-refractivity contribution is 6.02. The summed E-state index contributed by atoms with van der Waals surface area (Å²) in [5.41, 5.74) is 4.80. The Morgan fingerprint density at radius 1 is 1.03 bits per heavy atom. The third-order valence-corrected chi connectivity index (χ3v) is 5.81. The molecule has 4 aromatic rings. The largest absolute Gasteiger partial charge is 0.383 e. The molecule has 0 aliphatic heterocycles. The van der Waals surface area contributed by atoms with E-state index in [1.165, 1.54) is 0 Å². The van der Waals surface area contributed by atoms with Crippen molar-refractivity contribution in [2.24, 2.45) is 0 Å². The number of methoxy groups -OCH3 is 1. The van der Waals surface area contributed by atoms with E-state index in [4.69, 9.17) is 4.74 Å². The fourth-order valence-corrected chi connectivity index (χ4v) is 4.16. The van der Waals surface area contributed by atoms with Gasteiger partial charge in [0.1, 0.15) is 18.1 Å². The average Bonchev–Trinajstić information content (AvgIpc) is 3.26. The van der Waals surface area contributed by atoms with E-state index in [-0.39, 0.29) is 18.4 Å². The lowest BCUT2D eigenvalue weighted by Gasteiger charge is -2.32. The van der Waals surface area contributed by atoms with Crippen LogP contribution in [0.2, 0.25) is 0 Å². The number of fused-ring (bicyclic) bond motifs is 1. The number of carbonyl (C=O) groups is 2. The van der Waals surface area contributed by atoms with E-state index in [9.17, 15) is 9.59 Å². The predicted octanol–water partition coefficient (Wildman–Crippen LogP) is 3.59. The summed E-state index contributed by atoms with van der Waals surface area (Å²) >= 11 is 0. The molecular formula is C27H29N5O3. The molecule has 2 amide bonds. The first-order valence-electron chi connectivity index (χ1n) is 11.5. The number of aryl methyl sites for hydroxylation is 2. The van der Waals surface area contributed by atoms with Crippen LogP contribution in [-0.4, -0.2) is 47.1 Å². The Balaban J connectivity index is 1.79. The molecule has 0 fully saturated rings. The lowest BCUT2D eigenvalue weighted by atomic mass is 10.0. The van der Waals surface area contributed by atoms with Crippen LogP contribution in [0.15, 0.2) is 72.8 Å². The number of para-hydroxylation sites is 1. The minimum absolute atomic E-state index is 0.0669. The lowest BCUT2D eigenvalue weighted by molar-refractivity contribution is -0.127. The molecule has 1 atom stereocenters. The van der Waals surface area contributed by atoms with Crippen LogP contribution >= 0.6 is 0 Å². The van der Waals surface area contributed by atoms with Gasteiger partial charge in [0.2, 0.25) is 11.8 Å². The standard InChI is InChI=1S/C27H29N5O3/c1-19-13-14-23(20(2)17-19)32(25(33)18-31-24-12-8-7-11-22(24)29-30-31)26(21-9-5-4-6-10-21)27(34)28-15-16-35-3/h4-14,17,26H,15-16,18H2,1-3H3,(H,28,34)/t26-/m1/s1. The zero-order chi connectivity index (χ0) is 24.8. The summed E-state index contributed by atoms with van der Waals surface area (Å²) in [7, 11) is 1.58. The zero-order valence-electron chi connectivity index (χ0n) is 20.1. The van der Waals surface area contributed by atoms with E-state index in [0.717, 1.165) is 16.6 Å². The van der Waals surface area contributed by atoms with E-state index in [1.807, 2.05) is 86.6 Å². The van der Waals surface area contributed by atoms with Gasteiger partial charge in [-0.25, -0.2) is 4.68 Å². The second-order valence-corrected chi connectivity index (χ2v) is 8.39. The maximum atomic E-state index is 14.0. The summed E-state index contributed by atoms with van der Waals surface area (Å²) in [5.74, 6) is -0.562. The highest BCUT2D eigenvalue weighted by atomic mass is 16.5. The molecule has 35 heavy (non-hydrogen) atoms. The third-order valence-electron chi connectivity index (χ3n) is 5.81. The van der Waals surface area contributed by atoms with E-state index < -0.39 is 6.04 Å². The van der Waals surface area contributed by atoms with Crippen molar-refractivity contribution in [2.45, 2.75) is 26.4 Å². The summed E-state index contributed by atoms with van der Waals surface area (Å²) in [6.45, 7) is 4.58. The number of ether oxygens (including phenoxy) is 1. The van der Waals surface area contributed by atoms with Crippen LogP contribution in [0.5, 0.6) is 0 Å². The van der Waals surface area contributed by atoms with Crippen LogP contribution in [0, 0.1) is 13.8 Å². The Labute approximate surface area is 204 Å². The molecule has 3 aromatic carbocycles. The maximum Gasteiger partial charge on any atom is 0.249 e. The second kappa shape index (κ2) is 10.9. The van der Waals surface area contributed by atoms with Crippen LogP contribution in [0.1, 0.15) is 22.7 Å². The molecule has 0 saturated heterocycles. The van der Waals surface area contributed by atoms with Gasteiger partial charge in [0.25, 0.3) is 0 Å². The van der Waals surface area contributed by atoms with Crippen molar-refractivity contribution in [2.75, 3.05) is 25.2 Å². The van der Waals surface area contributed by atoms with Crippen molar-refractivity contribution >= 4 is 28.5 Å². The SMILES string of the molecule is COCCNC(=O)[C@@H](c1ccccc1)N(C(=O)Cn1nnc2ccccc21)c1ccc(C)cc1C. The van der Waals surface area contributed by atoms with Crippen LogP contribution < -0.4 is 10.2 Å². The number of nitrogens with one attached hydrogen (secondary N) is 1. The van der Waals surface area contributed by atoms with E-state index in [2.05, 4.69) is 15.6 Å². The first-order chi connectivity index (χ1) is 17.0. The van der Waals surface area contributed by atoms with Gasteiger partial charge in [-0.05, 0) is 43.2 Å². The van der Waals surface area contributed by atoms with Gasteiger partial charge in [-0.1, -0.05) is 65.4 Å². The summed E-state index contributed by atoms with van der Waals surface area (Å²) in [6.07, 6.45) is 0. The minimum Gasteiger partial charge on any atom is -0.383 e. The lowest BCUT2D eigenvalue weighted by Crippen LogP contribution is -2.46. The number of hydrogen-bond donors (Lipinski definition) is 1. The Bertz CT molecular complexity index is 1320. The van der Waals surface area contributed by atoms with Gasteiger partial charge < -0.3 is 10.1 Å². The van der Waals surface area contributed by atoms with Crippen molar-refractivity contribution < 1.29 is 14.3 Å². The molecule has 0 aliphatic carbocycles. The minimum atomic E-state index is -0.878. The highest BCUT2D eigenvalue weighted by Gasteiger charge is 2.33. The number of aromatic nitrogens is 3. The number of amides is 2. The first kappa shape index (κ1) is 24.1. The Kier molecular flexibility index (Phi) is 7.52. The maximum absolute atomic E-state index is 14.0. The van der Waals surface area contributed by atoms with Gasteiger partial charge in [0.15, 0.2) is 0 Å². The topological polar surface area (TPSA) is 89.4 Å². The number of hydrogen-bond acceptors (Lipinski definition) is 5. The van der Waals surface area contributed by atoms with Crippen LogP contribution in [0.4, 0.5) is 5.69 Å². The van der Waals surface area contributed by atoms with Gasteiger partial charge in [-0.3, -0.25) is 14.5 Å². The first-order valence-corrected chi connectivity index (χ1v) is 11.5. The number of rotatable bonds is 9. The van der Waals surface area contributed by atoms with Crippen molar-refractivity contribution in [3.05, 3.63) is 89.5 Å². The Hall–Kier alpha value is -4.04. The van der Waals surface area contributed by atoms with Crippen LogP contribution in [0.3, 0.4) is 0 Å². The van der Waals surface area contributed by atoms with Gasteiger partial charge in [-0.2, -0.15) is 0 Å². The summed E-state index contributed by atoms with van der Waals surface area (Å²) < 4.78 is 6.67. The molecule has 1 aromatic heterocycles. The molecule has 1 heterocycles. The molecule has 8 heteroatoms. The molecule has 4 rings (SSSR count). The van der Waals surface area contributed by atoms with E-state index in [1.54, 1.807) is 16.7 Å². The third kappa shape index (κ3) is 5.38. The summed E-state index contributed by atoms with van der Waals surface area (Å²) in [4.78, 5) is 29.1. The van der Waals surface area contributed by atoms with E-state index in [0.29, 0.717) is 29.9 Å². The van der Waals surface area contributed by atoms with Crippen molar-refractivity contribution in [3.63, 3.8) is 0 Å². The van der Waals surface area contributed by atoms with Crippen molar-refractivity contribution in [3.8, 4) is 0 Å². The average molecular weight is 472 g/mol. The summed E-state index contributed by atoms with van der Waals surface area (Å²) in [6, 6.07) is 21.8. The van der Waals surface area contributed by atoms with Crippen molar-refractivity contribution in [1.29, 1.82) is 0 Å². The molecular weight excluding hydrogens is 442 g/mol. The van der Waals surface area contributed by atoms with Crippen LogP contribution in [0.25, 0.3) is 11.0 Å². The van der Waals surface area contributed by atoms with Gasteiger partial charge in [0.05, 0.1) is 12.1 Å². The second-order valence-electron chi connectivity index (χ2n) is 8.39. The number of nitrogens with zero attached hydrogens (tertiary/aromatic N) is 4. The molecule has 0 radical (unpaired) electrons. The zero-order valence-corrected chi connectivity index (χ0v) is 20.1. The smallest absolute Gasteiger partial charge is 0.249 e. The Morgan fingerprint density at radius 3 is 2.51 bits per heavy atom. The molecule has 0 aliphatic rings. The highest BCUT2D eigenvalue weighted by Crippen LogP contribution is 2.31.